The number of carbonyl (C=O) groups is 1. The number of nitro benzene ring substituents is 1. The van der Waals surface area contributed by atoms with Crippen molar-refractivity contribution in [1.29, 1.82) is 0 Å². The van der Waals surface area contributed by atoms with Gasteiger partial charge >= 0.3 is 5.97 Å². The van der Waals surface area contributed by atoms with E-state index in [0.717, 1.165) is 25.3 Å². The van der Waals surface area contributed by atoms with Crippen LogP contribution in [-0.4, -0.2) is 49.3 Å². The molecule has 0 unspecified atom stereocenters. The summed E-state index contributed by atoms with van der Waals surface area (Å²) in [4.78, 5) is 20.0. The van der Waals surface area contributed by atoms with Gasteiger partial charge in [0, 0.05) is 12.1 Å². The first kappa shape index (κ1) is 16.8. The van der Waals surface area contributed by atoms with Gasteiger partial charge in [-0.25, -0.2) is 8.42 Å². The fraction of sp³-hybridized carbons (Fsp3) is 0.300. The van der Waals surface area contributed by atoms with E-state index in [0.29, 0.717) is 0 Å². The van der Waals surface area contributed by atoms with Crippen LogP contribution in [0.15, 0.2) is 23.1 Å². The number of hydrogen-bond donors (Lipinski definition) is 3. The number of rotatable bonds is 7. The van der Waals surface area contributed by atoms with Gasteiger partial charge in [0.25, 0.3) is 5.69 Å². The Bertz CT molecular complexity index is 657. The minimum absolute atomic E-state index is 0.199. The molecule has 1 rings (SSSR count). The molecule has 1 aromatic rings. The number of carboxylic acids is 1. The Balaban J connectivity index is 3.32. The number of hydrogen-bond acceptors (Lipinski definition) is 7. The molecule has 11 heteroatoms. The zero-order chi connectivity index (χ0) is 16.2. The standard InChI is InChI=1S/C10H12N2O8S/c1-20-8-3-2-6(12(16)17)4-9(8)21(18,19)11-7(5-13)10(14)15/h2-4,7,11,13H,5H2,1H3,(H,14,15)/t7-/m0/s1. The van der Waals surface area contributed by atoms with Crippen LogP contribution >= 0.6 is 0 Å². The number of aliphatic carboxylic acids is 1. The van der Waals surface area contributed by atoms with E-state index in [2.05, 4.69) is 0 Å². The molecule has 0 aromatic heterocycles. The molecule has 0 saturated carbocycles. The minimum atomic E-state index is -4.44. The molecule has 0 heterocycles. The Morgan fingerprint density at radius 3 is 2.57 bits per heavy atom. The smallest absolute Gasteiger partial charge is 0.324 e. The molecule has 0 amide bonds. The molecule has 0 aliphatic rings. The van der Waals surface area contributed by atoms with Gasteiger partial charge in [0.1, 0.15) is 16.7 Å². The van der Waals surface area contributed by atoms with E-state index in [1.165, 1.54) is 0 Å². The number of ether oxygens (including phenoxy) is 1. The maximum atomic E-state index is 12.1. The second kappa shape index (κ2) is 6.47. The molecule has 0 aliphatic heterocycles. The van der Waals surface area contributed by atoms with E-state index in [9.17, 15) is 23.3 Å². The van der Waals surface area contributed by atoms with Crippen molar-refractivity contribution in [3.8, 4) is 5.75 Å². The molecule has 116 valence electrons. The maximum Gasteiger partial charge on any atom is 0.324 e. The van der Waals surface area contributed by atoms with Crippen molar-refractivity contribution in [2.75, 3.05) is 13.7 Å². The van der Waals surface area contributed by atoms with Crippen LogP contribution in [0.4, 0.5) is 5.69 Å². The minimum Gasteiger partial charge on any atom is -0.495 e. The number of benzene rings is 1. The predicted molar refractivity (Wildman–Crippen MR) is 68.5 cm³/mol. The van der Waals surface area contributed by atoms with Gasteiger partial charge in [0.2, 0.25) is 10.0 Å². The fourth-order valence-corrected chi connectivity index (χ4v) is 2.77. The van der Waals surface area contributed by atoms with Crippen LogP contribution in [0.25, 0.3) is 0 Å². The lowest BCUT2D eigenvalue weighted by Gasteiger charge is -2.14. The predicted octanol–water partition coefficient (Wildman–Crippen LogP) is -0.673. The zero-order valence-corrected chi connectivity index (χ0v) is 11.5. The number of nitro groups is 1. The van der Waals surface area contributed by atoms with Gasteiger partial charge in [0.05, 0.1) is 18.6 Å². The van der Waals surface area contributed by atoms with Gasteiger partial charge in [-0.15, -0.1) is 0 Å². The van der Waals surface area contributed by atoms with Crippen molar-refractivity contribution in [2.24, 2.45) is 0 Å². The summed E-state index contributed by atoms with van der Waals surface area (Å²) >= 11 is 0. The third kappa shape index (κ3) is 3.87. The number of sulfonamides is 1. The quantitative estimate of drug-likeness (QED) is 0.441. The van der Waals surface area contributed by atoms with Gasteiger partial charge in [-0.2, -0.15) is 4.72 Å². The van der Waals surface area contributed by atoms with E-state index in [1.54, 1.807) is 4.72 Å². The Kier molecular flexibility index (Phi) is 5.18. The molecule has 0 radical (unpaired) electrons. The van der Waals surface area contributed by atoms with Crippen LogP contribution in [0.2, 0.25) is 0 Å². The summed E-state index contributed by atoms with van der Waals surface area (Å²) in [7, 11) is -3.28. The first-order chi connectivity index (χ1) is 9.72. The summed E-state index contributed by atoms with van der Waals surface area (Å²) in [5, 5.41) is 28.2. The number of nitrogens with one attached hydrogen (secondary N) is 1. The first-order valence-electron chi connectivity index (χ1n) is 5.41. The number of carboxylic acid groups (broad SMARTS) is 1. The van der Waals surface area contributed by atoms with Gasteiger partial charge in [0.15, 0.2) is 0 Å². The summed E-state index contributed by atoms with van der Waals surface area (Å²) in [5.74, 6) is -1.79. The monoisotopic (exact) mass is 320 g/mol. The zero-order valence-electron chi connectivity index (χ0n) is 10.7. The van der Waals surface area contributed by atoms with Crippen LogP contribution in [0, 0.1) is 10.1 Å². The van der Waals surface area contributed by atoms with Crippen molar-refractivity contribution in [1.82, 2.24) is 4.72 Å². The average molecular weight is 320 g/mol. The lowest BCUT2D eigenvalue weighted by molar-refractivity contribution is -0.385. The van der Waals surface area contributed by atoms with Crippen molar-refractivity contribution in [3.63, 3.8) is 0 Å². The van der Waals surface area contributed by atoms with Gasteiger partial charge in [-0.1, -0.05) is 0 Å². The molecule has 3 N–H and O–H groups in total. The number of aliphatic hydroxyl groups is 1. The molecule has 0 fully saturated rings. The summed E-state index contributed by atoms with van der Waals surface area (Å²) in [5.41, 5.74) is -0.507. The molecule has 21 heavy (non-hydrogen) atoms. The normalized spacial score (nSPS) is 12.7. The second-order valence-electron chi connectivity index (χ2n) is 3.79. The number of methoxy groups -OCH3 is 1. The van der Waals surface area contributed by atoms with Crippen LogP contribution in [0.1, 0.15) is 0 Å². The van der Waals surface area contributed by atoms with E-state index in [-0.39, 0.29) is 5.75 Å². The summed E-state index contributed by atoms with van der Waals surface area (Å²) in [6, 6.07) is 1.07. The number of non-ortho nitro benzene ring substituents is 1. The van der Waals surface area contributed by atoms with Crippen molar-refractivity contribution in [2.45, 2.75) is 10.9 Å². The van der Waals surface area contributed by atoms with E-state index in [1.807, 2.05) is 0 Å². The van der Waals surface area contributed by atoms with Crippen molar-refractivity contribution >= 4 is 21.7 Å². The lowest BCUT2D eigenvalue weighted by atomic mass is 10.3. The third-order valence-corrected chi connectivity index (χ3v) is 3.92. The highest BCUT2D eigenvalue weighted by atomic mass is 32.2. The maximum absolute atomic E-state index is 12.1. The molecule has 0 spiro atoms. The molecule has 10 nitrogen and oxygen atoms in total. The summed E-state index contributed by atoms with van der Waals surface area (Å²) in [6.07, 6.45) is 0. The van der Waals surface area contributed by atoms with E-state index >= 15 is 0 Å². The lowest BCUT2D eigenvalue weighted by Crippen LogP contribution is -2.43. The van der Waals surface area contributed by atoms with E-state index < -0.39 is 44.1 Å². The highest BCUT2D eigenvalue weighted by Crippen LogP contribution is 2.28. The van der Waals surface area contributed by atoms with Crippen LogP contribution < -0.4 is 9.46 Å². The summed E-state index contributed by atoms with van der Waals surface area (Å²) < 4.78 is 30.7. The van der Waals surface area contributed by atoms with Gasteiger partial charge < -0.3 is 14.9 Å². The molecular formula is C10H12N2O8S. The molecule has 1 aromatic carbocycles. The molecule has 1 atom stereocenters. The largest absolute Gasteiger partial charge is 0.495 e. The topological polar surface area (TPSA) is 156 Å². The molecule has 0 saturated heterocycles. The Labute approximate surface area is 119 Å². The van der Waals surface area contributed by atoms with Crippen LogP contribution in [0.5, 0.6) is 5.75 Å². The van der Waals surface area contributed by atoms with E-state index in [4.69, 9.17) is 14.9 Å². The first-order valence-corrected chi connectivity index (χ1v) is 6.89. The summed E-state index contributed by atoms with van der Waals surface area (Å²) in [6.45, 7) is -0.980. The fourth-order valence-electron chi connectivity index (χ4n) is 1.41. The second-order valence-corrected chi connectivity index (χ2v) is 5.47. The molecule has 0 aliphatic carbocycles. The number of aliphatic hydroxyl groups excluding tert-OH is 1. The Morgan fingerprint density at radius 1 is 1.52 bits per heavy atom. The molecule has 0 bridgehead atoms. The Morgan fingerprint density at radius 2 is 2.14 bits per heavy atom. The Hall–Kier alpha value is -2.24. The van der Waals surface area contributed by atoms with Gasteiger partial charge in [-0.3, -0.25) is 14.9 Å². The van der Waals surface area contributed by atoms with Crippen LogP contribution in [-0.2, 0) is 14.8 Å². The SMILES string of the molecule is COc1ccc([N+](=O)[O-])cc1S(=O)(=O)N[C@@H](CO)C(=O)O. The van der Waals surface area contributed by atoms with Crippen molar-refractivity contribution in [3.05, 3.63) is 28.3 Å². The van der Waals surface area contributed by atoms with Crippen LogP contribution in [0.3, 0.4) is 0 Å². The average Bonchev–Trinajstić information content (AvgIpc) is 2.43. The highest BCUT2D eigenvalue weighted by molar-refractivity contribution is 7.89. The van der Waals surface area contributed by atoms with Gasteiger partial charge in [-0.05, 0) is 6.07 Å². The highest BCUT2D eigenvalue weighted by Gasteiger charge is 2.28. The third-order valence-electron chi connectivity index (χ3n) is 2.43. The van der Waals surface area contributed by atoms with Crippen molar-refractivity contribution < 1.29 is 33.1 Å². The molecular weight excluding hydrogens is 308 g/mol. The number of nitrogens with zero attached hydrogens (tertiary/aromatic N) is 1.